The van der Waals surface area contributed by atoms with Crippen LogP contribution < -0.4 is 11.1 Å². The number of nitrogen functional groups attached to an aromatic ring is 1. The molecule has 1 aromatic heterocycles. The number of hydrogen-bond acceptors (Lipinski definition) is 6. The highest BCUT2D eigenvalue weighted by Crippen LogP contribution is 2.22. The quantitative estimate of drug-likeness (QED) is 0.716. The maximum absolute atomic E-state index is 11.8. The Morgan fingerprint density at radius 2 is 2.19 bits per heavy atom. The van der Waals surface area contributed by atoms with Gasteiger partial charge in [-0.15, -0.1) is 0 Å². The van der Waals surface area contributed by atoms with Crippen molar-refractivity contribution < 1.29 is 14.3 Å². The van der Waals surface area contributed by atoms with Crippen molar-refractivity contribution >= 4 is 17.5 Å². The van der Waals surface area contributed by atoms with Gasteiger partial charge in [-0.05, 0) is 24.8 Å². The van der Waals surface area contributed by atoms with Crippen LogP contribution in [-0.2, 0) is 9.47 Å². The Bertz CT molecular complexity index is 475. The minimum absolute atomic E-state index is 0.0587. The number of esters is 1. The second kappa shape index (κ2) is 7.83. The topological polar surface area (TPSA) is 86.5 Å². The van der Waals surface area contributed by atoms with Gasteiger partial charge in [-0.2, -0.15) is 0 Å². The highest BCUT2D eigenvalue weighted by molar-refractivity contribution is 5.95. The third kappa shape index (κ3) is 5.59. The van der Waals surface area contributed by atoms with E-state index in [1.807, 2.05) is 0 Å². The van der Waals surface area contributed by atoms with Crippen LogP contribution in [0.25, 0.3) is 0 Å². The molecule has 0 aliphatic rings. The van der Waals surface area contributed by atoms with Gasteiger partial charge in [-0.3, -0.25) is 0 Å². The Kier molecular flexibility index (Phi) is 6.42. The Morgan fingerprint density at radius 1 is 1.48 bits per heavy atom. The lowest BCUT2D eigenvalue weighted by atomic mass is 9.90. The zero-order chi connectivity index (χ0) is 15.9. The Labute approximate surface area is 126 Å². The number of aromatic nitrogens is 1. The minimum Gasteiger partial charge on any atom is -0.462 e. The predicted molar refractivity (Wildman–Crippen MR) is 83.4 cm³/mol. The van der Waals surface area contributed by atoms with Crippen LogP contribution in [0.4, 0.5) is 11.5 Å². The van der Waals surface area contributed by atoms with Gasteiger partial charge in [0.25, 0.3) is 0 Å². The molecule has 0 aliphatic heterocycles. The fraction of sp³-hybridized carbons (Fsp3) is 0.600. The van der Waals surface area contributed by atoms with E-state index < -0.39 is 5.97 Å². The lowest BCUT2D eigenvalue weighted by Crippen LogP contribution is -2.25. The molecule has 21 heavy (non-hydrogen) atoms. The number of carbonyl (C=O) groups excluding carboxylic acids is 1. The highest BCUT2D eigenvalue weighted by atomic mass is 16.5. The second-order valence-corrected chi connectivity index (χ2v) is 5.64. The monoisotopic (exact) mass is 295 g/mol. The van der Waals surface area contributed by atoms with Crippen molar-refractivity contribution in [2.75, 3.05) is 37.9 Å². The van der Waals surface area contributed by atoms with Crippen molar-refractivity contribution in [2.45, 2.75) is 27.2 Å². The molecule has 0 spiro atoms. The summed E-state index contributed by atoms with van der Waals surface area (Å²) >= 11 is 0. The van der Waals surface area contributed by atoms with Crippen LogP contribution in [0.15, 0.2) is 12.3 Å². The summed E-state index contributed by atoms with van der Waals surface area (Å²) in [5.74, 6) is 0.178. The van der Waals surface area contributed by atoms with E-state index in [-0.39, 0.29) is 5.41 Å². The van der Waals surface area contributed by atoms with Crippen LogP contribution in [0.2, 0.25) is 0 Å². The van der Waals surface area contributed by atoms with Gasteiger partial charge in [0.1, 0.15) is 5.82 Å². The summed E-state index contributed by atoms with van der Waals surface area (Å²) in [7, 11) is 1.69. The van der Waals surface area contributed by atoms with Gasteiger partial charge >= 0.3 is 5.97 Å². The molecule has 0 bridgehead atoms. The van der Waals surface area contributed by atoms with Crippen molar-refractivity contribution in [3.63, 3.8) is 0 Å². The Balaban J connectivity index is 2.72. The maximum Gasteiger partial charge on any atom is 0.340 e. The molecular formula is C15H25N3O3. The van der Waals surface area contributed by atoms with E-state index >= 15 is 0 Å². The first-order valence-electron chi connectivity index (χ1n) is 7.05. The number of nitrogens with zero attached hydrogens (tertiary/aromatic N) is 1. The molecule has 0 radical (unpaired) electrons. The van der Waals surface area contributed by atoms with Crippen molar-refractivity contribution in [1.82, 2.24) is 4.98 Å². The van der Waals surface area contributed by atoms with Gasteiger partial charge in [0.05, 0.1) is 24.1 Å². The van der Waals surface area contributed by atoms with Crippen LogP contribution in [0.1, 0.15) is 37.6 Å². The molecule has 0 atom stereocenters. The fourth-order valence-electron chi connectivity index (χ4n) is 1.74. The standard InChI is InChI=1S/C15H25N3O3/c1-5-21-14(19)11-8-13(17-9-12(11)16)18-10-15(2,3)6-7-20-4/h8-9H,5-7,10,16H2,1-4H3,(H,17,18). The number of rotatable bonds is 8. The van der Waals surface area contributed by atoms with E-state index in [2.05, 4.69) is 24.1 Å². The molecule has 0 fully saturated rings. The van der Waals surface area contributed by atoms with Crippen molar-refractivity contribution in [3.8, 4) is 0 Å². The highest BCUT2D eigenvalue weighted by Gasteiger charge is 2.18. The fourth-order valence-corrected chi connectivity index (χ4v) is 1.74. The smallest absolute Gasteiger partial charge is 0.340 e. The van der Waals surface area contributed by atoms with Crippen molar-refractivity contribution in [1.29, 1.82) is 0 Å². The summed E-state index contributed by atoms with van der Waals surface area (Å²) in [6.45, 7) is 7.78. The van der Waals surface area contributed by atoms with E-state index in [9.17, 15) is 4.79 Å². The molecule has 0 amide bonds. The summed E-state index contributed by atoms with van der Waals surface area (Å²) in [5, 5.41) is 3.23. The number of carbonyl (C=O) groups is 1. The molecule has 0 saturated carbocycles. The maximum atomic E-state index is 11.8. The lowest BCUT2D eigenvalue weighted by Gasteiger charge is -2.25. The summed E-state index contributed by atoms with van der Waals surface area (Å²) in [6, 6.07) is 1.62. The van der Waals surface area contributed by atoms with Gasteiger partial charge in [-0.1, -0.05) is 13.8 Å². The van der Waals surface area contributed by atoms with Crippen LogP contribution in [0.5, 0.6) is 0 Å². The van der Waals surface area contributed by atoms with E-state index in [0.29, 0.717) is 30.3 Å². The zero-order valence-corrected chi connectivity index (χ0v) is 13.2. The van der Waals surface area contributed by atoms with Crippen LogP contribution in [-0.4, -0.2) is 37.8 Å². The number of hydrogen-bond donors (Lipinski definition) is 2. The molecule has 3 N–H and O–H groups in total. The zero-order valence-electron chi connectivity index (χ0n) is 13.2. The summed E-state index contributed by atoms with van der Waals surface area (Å²) in [6.07, 6.45) is 2.40. The average molecular weight is 295 g/mol. The first-order valence-corrected chi connectivity index (χ1v) is 7.05. The molecular weight excluding hydrogens is 270 g/mol. The minimum atomic E-state index is -0.431. The predicted octanol–water partition coefficient (Wildman–Crippen LogP) is 2.32. The first-order chi connectivity index (χ1) is 9.89. The molecule has 1 heterocycles. The second-order valence-electron chi connectivity index (χ2n) is 5.64. The summed E-state index contributed by atoms with van der Waals surface area (Å²) in [4.78, 5) is 16.0. The van der Waals surface area contributed by atoms with Crippen molar-refractivity contribution in [3.05, 3.63) is 17.8 Å². The van der Waals surface area contributed by atoms with Gasteiger partial charge in [0.2, 0.25) is 0 Å². The number of ether oxygens (including phenoxy) is 2. The van der Waals surface area contributed by atoms with Gasteiger partial charge in [0.15, 0.2) is 0 Å². The van der Waals surface area contributed by atoms with E-state index in [0.717, 1.165) is 13.0 Å². The van der Waals surface area contributed by atoms with Crippen LogP contribution >= 0.6 is 0 Å². The molecule has 1 rings (SSSR count). The Hall–Kier alpha value is -1.82. The average Bonchev–Trinajstić information content (AvgIpc) is 2.44. The summed E-state index contributed by atoms with van der Waals surface area (Å²) in [5.41, 5.74) is 6.47. The molecule has 6 nitrogen and oxygen atoms in total. The van der Waals surface area contributed by atoms with Crippen molar-refractivity contribution in [2.24, 2.45) is 5.41 Å². The Morgan fingerprint density at radius 3 is 2.81 bits per heavy atom. The molecule has 0 unspecified atom stereocenters. The van der Waals surface area contributed by atoms with Crippen LogP contribution in [0.3, 0.4) is 0 Å². The van der Waals surface area contributed by atoms with Gasteiger partial charge < -0.3 is 20.5 Å². The molecule has 6 heteroatoms. The summed E-state index contributed by atoms with van der Waals surface area (Å²) < 4.78 is 10.1. The number of methoxy groups -OCH3 is 1. The molecule has 0 aromatic carbocycles. The van der Waals surface area contributed by atoms with Gasteiger partial charge in [0, 0.05) is 20.3 Å². The van der Waals surface area contributed by atoms with E-state index in [1.54, 1.807) is 20.1 Å². The number of nitrogens with one attached hydrogen (secondary N) is 1. The number of nitrogens with two attached hydrogens (primary N) is 1. The number of anilines is 2. The third-order valence-electron chi connectivity index (χ3n) is 3.16. The number of pyridine rings is 1. The van der Waals surface area contributed by atoms with Crippen LogP contribution in [0, 0.1) is 5.41 Å². The van der Waals surface area contributed by atoms with Gasteiger partial charge in [-0.25, -0.2) is 9.78 Å². The SMILES string of the molecule is CCOC(=O)c1cc(NCC(C)(C)CCOC)ncc1N. The molecule has 0 aliphatic carbocycles. The first kappa shape index (κ1) is 17.2. The molecule has 0 saturated heterocycles. The third-order valence-corrected chi connectivity index (χ3v) is 3.16. The lowest BCUT2D eigenvalue weighted by molar-refractivity contribution is 0.0527. The normalized spacial score (nSPS) is 11.2. The van der Waals surface area contributed by atoms with E-state index in [1.165, 1.54) is 6.20 Å². The van der Waals surface area contributed by atoms with E-state index in [4.69, 9.17) is 15.2 Å². The largest absolute Gasteiger partial charge is 0.462 e. The molecule has 1 aromatic rings. The molecule has 118 valence electrons.